The maximum Gasteiger partial charge on any atom is 0.303 e. The second-order valence-corrected chi connectivity index (χ2v) is 5.06. The zero-order chi connectivity index (χ0) is 12.9. The quantitative estimate of drug-likeness (QED) is 0.776. The molecule has 0 aromatic heterocycles. The minimum absolute atomic E-state index is 0.136. The molecule has 1 aliphatic carbocycles. The molecule has 1 amide bonds. The molecular weight excluding hydrogens is 218 g/mol. The second kappa shape index (κ2) is 6.03. The summed E-state index contributed by atoms with van der Waals surface area (Å²) in [5.74, 6) is -0.584. The summed E-state index contributed by atoms with van der Waals surface area (Å²) in [7, 11) is 1.79. The first-order valence-corrected chi connectivity index (χ1v) is 6.49. The van der Waals surface area contributed by atoms with Crippen LogP contribution in [0.15, 0.2) is 0 Å². The molecule has 1 saturated carbocycles. The second-order valence-electron chi connectivity index (χ2n) is 5.06. The van der Waals surface area contributed by atoms with E-state index in [0.717, 1.165) is 32.1 Å². The van der Waals surface area contributed by atoms with E-state index in [1.165, 1.54) is 0 Å². The van der Waals surface area contributed by atoms with Gasteiger partial charge in [0.2, 0.25) is 5.91 Å². The Hall–Kier alpha value is -1.06. The maximum absolute atomic E-state index is 12.4. The molecule has 0 heterocycles. The predicted octanol–water partition coefficient (Wildman–Crippen LogP) is 2.28. The number of carbonyl (C=O) groups is 2. The van der Waals surface area contributed by atoms with E-state index in [0.29, 0.717) is 13.0 Å². The fourth-order valence-electron chi connectivity index (χ4n) is 2.74. The number of hydrogen-bond acceptors (Lipinski definition) is 2. The molecule has 98 valence electrons. The zero-order valence-corrected chi connectivity index (χ0v) is 10.9. The minimum Gasteiger partial charge on any atom is -0.481 e. The van der Waals surface area contributed by atoms with E-state index in [9.17, 15) is 9.59 Å². The van der Waals surface area contributed by atoms with Crippen LogP contribution in [0.4, 0.5) is 0 Å². The van der Waals surface area contributed by atoms with Crippen molar-refractivity contribution >= 4 is 11.9 Å². The summed E-state index contributed by atoms with van der Waals surface area (Å²) in [6.45, 7) is 2.63. The Labute approximate surface area is 103 Å². The van der Waals surface area contributed by atoms with Gasteiger partial charge in [0.25, 0.3) is 0 Å². The number of carboxylic acids is 1. The van der Waals surface area contributed by atoms with Crippen molar-refractivity contribution in [2.24, 2.45) is 5.41 Å². The number of rotatable bonds is 6. The third kappa shape index (κ3) is 3.45. The average Bonchev–Trinajstić information content (AvgIpc) is 2.77. The smallest absolute Gasteiger partial charge is 0.303 e. The van der Waals surface area contributed by atoms with E-state index in [1.54, 1.807) is 11.9 Å². The molecule has 1 aliphatic rings. The van der Waals surface area contributed by atoms with Crippen LogP contribution in [0.25, 0.3) is 0 Å². The summed E-state index contributed by atoms with van der Waals surface area (Å²) in [5.41, 5.74) is -0.155. The van der Waals surface area contributed by atoms with Crippen molar-refractivity contribution in [1.29, 1.82) is 0 Å². The highest BCUT2D eigenvalue weighted by Gasteiger charge is 2.40. The summed E-state index contributed by atoms with van der Waals surface area (Å²) in [4.78, 5) is 24.5. The topological polar surface area (TPSA) is 57.6 Å². The van der Waals surface area contributed by atoms with Gasteiger partial charge in [0.05, 0.1) is 0 Å². The number of carbonyl (C=O) groups excluding carboxylic acids is 1. The molecule has 0 unspecified atom stereocenters. The van der Waals surface area contributed by atoms with Gasteiger partial charge in [-0.2, -0.15) is 0 Å². The molecule has 0 atom stereocenters. The van der Waals surface area contributed by atoms with Crippen LogP contribution in [0, 0.1) is 5.41 Å². The SMILES string of the molecule is CCC1(C(=O)N(C)CCCC(=O)O)CCCC1. The molecule has 0 aromatic carbocycles. The van der Waals surface area contributed by atoms with Gasteiger partial charge in [-0.3, -0.25) is 9.59 Å². The number of nitrogens with zero attached hydrogens (tertiary/aromatic N) is 1. The van der Waals surface area contributed by atoms with Gasteiger partial charge < -0.3 is 10.0 Å². The van der Waals surface area contributed by atoms with E-state index in [4.69, 9.17) is 5.11 Å². The molecule has 0 saturated heterocycles. The molecule has 4 heteroatoms. The van der Waals surface area contributed by atoms with Crippen LogP contribution < -0.4 is 0 Å². The molecule has 0 spiro atoms. The molecule has 0 aromatic rings. The summed E-state index contributed by atoms with van der Waals surface area (Å²) >= 11 is 0. The van der Waals surface area contributed by atoms with Crippen LogP contribution in [0.5, 0.6) is 0 Å². The average molecular weight is 241 g/mol. The Morgan fingerprint density at radius 3 is 2.35 bits per heavy atom. The van der Waals surface area contributed by atoms with Crippen molar-refractivity contribution in [1.82, 2.24) is 4.90 Å². The van der Waals surface area contributed by atoms with Crippen molar-refractivity contribution in [2.75, 3.05) is 13.6 Å². The third-order valence-corrected chi connectivity index (χ3v) is 3.92. The normalized spacial score (nSPS) is 18.0. The van der Waals surface area contributed by atoms with Gasteiger partial charge in [-0.05, 0) is 25.7 Å². The first-order chi connectivity index (χ1) is 8.02. The summed E-state index contributed by atoms with van der Waals surface area (Å²) in [6, 6.07) is 0. The first-order valence-electron chi connectivity index (χ1n) is 6.49. The van der Waals surface area contributed by atoms with Crippen LogP contribution >= 0.6 is 0 Å². The number of amides is 1. The largest absolute Gasteiger partial charge is 0.481 e. The lowest BCUT2D eigenvalue weighted by Crippen LogP contribution is -2.40. The van der Waals surface area contributed by atoms with Crippen LogP contribution in [-0.2, 0) is 9.59 Å². The van der Waals surface area contributed by atoms with E-state index < -0.39 is 5.97 Å². The summed E-state index contributed by atoms with van der Waals surface area (Å²) < 4.78 is 0. The van der Waals surface area contributed by atoms with E-state index >= 15 is 0 Å². The number of aliphatic carboxylic acids is 1. The molecule has 0 bridgehead atoms. The highest BCUT2D eigenvalue weighted by molar-refractivity contribution is 5.82. The summed E-state index contributed by atoms with van der Waals surface area (Å²) in [5, 5.41) is 8.57. The van der Waals surface area contributed by atoms with E-state index in [-0.39, 0.29) is 17.7 Å². The van der Waals surface area contributed by atoms with E-state index in [1.807, 2.05) is 0 Å². The molecule has 4 nitrogen and oxygen atoms in total. The molecule has 1 rings (SSSR count). The zero-order valence-electron chi connectivity index (χ0n) is 10.9. The monoisotopic (exact) mass is 241 g/mol. The standard InChI is InChI=1S/C13H23NO3/c1-3-13(8-4-5-9-13)12(17)14(2)10-6-7-11(15)16/h3-10H2,1-2H3,(H,15,16). The predicted molar refractivity (Wildman–Crippen MR) is 65.7 cm³/mol. The Balaban J connectivity index is 2.47. The van der Waals surface area contributed by atoms with Crippen LogP contribution in [0.1, 0.15) is 51.9 Å². The van der Waals surface area contributed by atoms with Crippen molar-refractivity contribution in [3.8, 4) is 0 Å². The number of carboxylic acid groups (broad SMARTS) is 1. The molecule has 17 heavy (non-hydrogen) atoms. The van der Waals surface area contributed by atoms with Crippen LogP contribution in [0.3, 0.4) is 0 Å². The Morgan fingerprint density at radius 1 is 1.29 bits per heavy atom. The van der Waals surface area contributed by atoms with Gasteiger partial charge in [0, 0.05) is 25.4 Å². The Kier molecular flexibility index (Phi) is 4.97. The van der Waals surface area contributed by atoms with Crippen LogP contribution in [-0.4, -0.2) is 35.5 Å². The number of hydrogen-bond donors (Lipinski definition) is 1. The van der Waals surface area contributed by atoms with Gasteiger partial charge in [0.1, 0.15) is 0 Å². The van der Waals surface area contributed by atoms with Crippen molar-refractivity contribution < 1.29 is 14.7 Å². The lowest BCUT2D eigenvalue weighted by molar-refractivity contribution is -0.142. The van der Waals surface area contributed by atoms with Gasteiger partial charge in [-0.25, -0.2) is 0 Å². The Morgan fingerprint density at radius 2 is 1.88 bits per heavy atom. The maximum atomic E-state index is 12.4. The highest BCUT2D eigenvalue weighted by atomic mass is 16.4. The molecule has 0 radical (unpaired) electrons. The lowest BCUT2D eigenvalue weighted by atomic mass is 9.82. The van der Waals surface area contributed by atoms with Gasteiger partial charge >= 0.3 is 5.97 Å². The summed E-state index contributed by atoms with van der Waals surface area (Å²) in [6.07, 6.45) is 5.84. The van der Waals surface area contributed by atoms with Gasteiger partial charge in [-0.15, -0.1) is 0 Å². The highest BCUT2D eigenvalue weighted by Crippen LogP contribution is 2.42. The van der Waals surface area contributed by atoms with Gasteiger partial charge in [-0.1, -0.05) is 19.8 Å². The molecule has 1 N–H and O–H groups in total. The minimum atomic E-state index is -0.795. The Bertz CT molecular complexity index is 282. The van der Waals surface area contributed by atoms with Crippen molar-refractivity contribution in [2.45, 2.75) is 51.9 Å². The third-order valence-electron chi connectivity index (χ3n) is 3.92. The fraction of sp³-hybridized carbons (Fsp3) is 0.846. The van der Waals surface area contributed by atoms with Crippen molar-refractivity contribution in [3.63, 3.8) is 0 Å². The molecule has 0 aliphatic heterocycles. The first kappa shape index (κ1) is 14.0. The van der Waals surface area contributed by atoms with Gasteiger partial charge in [0.15, 0.2) is 0 Å². The van der Waals surface area contributed by atoms with Crippen LogP contribution in [0.2, 0.25) is 0 Å². The van der Waals surface area contributed by atoms with Crippen molar-refractivity contribution in [3.05, 3.63) is 0 Å². The lowest BCUT2D eigenvalue weighted by Gasteiger charge is -2.31. The molecule has 1 fully saturated rings. The molecular formula is C13H23NO3. The fourth-order valence-corrected chi connectivity index (χ4v) is 2.74. The van der Waals surface area contributed by atoms with E-state index in [2.05, 4.69) is 6.92 Å².